The van der Waals surface area contributed by atoms with Crippen molar-refractivity contribution in [3.63, 3.8) is 0 Å². The standard InChI is InChI=1S/C21H26F2N2O4/c1-5-28-17-9-7-6-8-16(17)24-20(26)14(2)25(3)13-15-10-11-18(29-21(22)23)19(12-15)27-4/h6-12,14,21H,5,13H2,1-4H3,(H,24,26). The molecule has 0 heterocycles. The molecule has 0 aliphatic heterocycles. The van der Waals surface area contributed by atoms with Crippen LogP contribution in [0, 0.1) is 0 Å². The molecule has 2 rings (SSSR count). The Bertz CT molecular complexity index is 817. The molecule has 1 N–H and O–H groups in total. The number of carbonyl (C=O) groups is 1. The van der Waals surface area contributed by atoms with E-state index >= 15 is 0 Å². The highest BCUT2D eigenvalue weighted by atomic mass is 19.3. The van der Waals surface area contributed by atoms with Crippen molar-refractivity contribution < 1.29 is 27.8 Å². The summed E-state index contributed by atoms with van der Waals surface area (Å²) in [6.07, 6.45) is 0. The van der Waals surface area contributed by atoms with Crippen LogP contribution in [0.3, 0.4) is 0 Å². The van der Waals surface area contributed by atoms with E-state index in [-0.39, 0.29) is 17.4 Å². The summed E-state index contributed by atoms with van der Waals surface area (Å²) in [7, 11) is 3.18. The lowest BCUT2D eigenvalue weighted by Crippen LogP contribution is -2.39. The number of carbonyl (C=O) groups excluding carboxylic acids is 1. The summed E-state index contributed by atoms with van der Waals surface area (Å²) in [6, 6.07) is 11.5. The molecule has 2 aromatic carbocycles. The fourth-order valence-electron chi connectivity index (χ4n) is 2.72. The first-order valence-corrected chi connectivity index (χ1v) is 9.20. The topological polar surface area (TPSA) is 60.0 Å². The van der Waals surface area contributed by atoms with Crippen molar-refractivity contribution in [2.24, 2.45) is 0 Å². The minimum atomic E-state index is -2.93. The average Bonchev–Trinajstić information content (AvgIpc) is 2.69. The van der Waals surface area contributed by atoms with E-state index in [1.807, 2.05) is 24.0 Å². The van der Waals surface area contributed by atoms with Crippen molar-refractivity contribution in [2.75, 3.05) is 26.1 Å². The molecule has 6 nitrogen and oxygen atoms in total. The van der Waals surface area contributed by atoms with Gasteiger partial charge in [0.2, 0.25) is 5.91 Å². The number of benzene rings is 2. The van der Waals surface area contributed by atoms with E-state index in [2.05, 4.69) is 10.1 Å². The number of hydrogen-bond acceptors (Lipinski definition) is 5. The van der Waals surface area contributed by atoms with Gasteiger partial charge in [-0.25, -0.2) is 0 Å². The quantitative estimate of drug-likeness (QED) is 0.640. The van der Waals surface area contributed by atoms with Crippen LogP contribution >= 0.6 is 0 Å². The number of alkyl halides is 2. The molecular weight excluding hydrogens is 382 g/mol. The SMILES string of the molecule is CCOc1ccccc1NC(=O)C(C)N(C)Cc1ccc(OC(F)F)c(OC)c1. The molecule has 0 aliphatic rings. The molecule has 1 atom stereocenters. The number of ether oxygens (including phenoxy) is 3. The molecule has 8 heteroatoms. The maximum absolute atomic E-state index is 12.7. The van der Waals surface area contributed by atoms with Gasteiger partial charge in [-0.1, -0.05) is 18.2 Å². The van der Waals surface area contributed by atoms with E-state index in [1.165, 1.54) is 13.2 Å². The zero-order valence-corrected chi connectivity index (χ0v) is 16.9. The fraction of sp³-hybridized carbons (Fsp3) is 0.381. The van der Waals surface area contributed by atoms with Gasteiger partial charge in [0.15, 0.2) is 11.5 Å². The summed E-state index contributed by atoms with van der Waals surface area (Å²) in [5, 5.41) is 2.88. The molecular formula is C21H26F2N2O4. The largest absolute Gasteiger partial charge is 0.493 e. The predicted molar refractivity (Wildman–Crippen MR) is 107 cm³/mol. The zero-order valence-electron chi connectivity index (χ0n) is 16.9. The number of anilines is 1. The maximum Gasteiger partial charge on any atom is 0.387 e. The second-order valence-electron chi connectivity index (χ2n) is 6.37. The summed E-state index contributed by atoms with van der Waals surface area (Å²) < 4.78 is 40.0. The number of likely N-dealkylation sites (N-methyl/N-ethyl adjacent to an activating group) is 1. The van der Waals surface area contributed by atoms with E-state index in [0.29, 0.717) is 24.6 Å². The molecule has 0 aliphatic carbocycles. The van der Waals surface area contributed by atoms with Crippen LogP contribution in [-0.2, 0) is 11.3 Å². The number of hydrogen-bond donors (Lipinski definition) is 1. The molecule has 0 spiro atoms. The van der Waals surface area contributed by atoms with Crippen LogP contribution in [0.5, 0.6) is 17.2 Å². The molecule has 0 saturated carbocycles. The smallest absolute Gasteiger partial charge is 0.387 e. The lowest BCUT2D eigenvalue weighted by atomic mass is 10.1. The van der Waals surface area contributed by atoms with E-state index < -0.39 is 12.7 Å². The normalized spacial score (nSPS) is 12.0. The highest BCUT2D eigenvalue weighted by Gasteiger charge is 2.20. The first-order chi connectivity index (χ1) is 13.8. The molecule has 1 unspecified atom stereocenters. The predicted octanol–water partition coefficient (Wildman–Crippen LogP) is 4.15. The number of halogens is 2. The minimum absolute atomic E-state index is 0.0350. The zero-order chi connectivity index (χ0) is 21.4. The van der Waals surface area contributed by atoms with Gasteiger partial charge in [0.25, 0.3) is 0 Å². The van der Waals surface area contributed by atoms with Crippen molar-refractivity contribution in [2.45, 2.75) is 33.0 Å². The highest BCUT2D eigenvalue weighted by Crippen LogP contribution is 2.30. The second kappa shape index (κ2) is 10.6. The molecule has 2 aromatic rings. The second-order valence-corrected chi connectivity index (χ2v) is 6.37. The van der Waals surface area contributed by atoms with E-state index in [9.17, 15) is 13.6 Å². The summed E-state index contributed by atoms with van der Waals surface area (Å²) in [4.78, 5) is 14.5. The van der Waals surface area contributed by atoms with Gasteiger partial charge in [-0.2, -0.15) is 8.78 Å². The number of methoxy groups -OCH3 is 1. The number of nitrogens with zero attached hydrogens (tertiary/aromatic N) is 1. The van der Waals surface area contributed by atoms with Gasteiger partial charge in [-0.15, -0.1) is 0 Å². The third kappa shape index (κ3) is 6.32. The van der Waals surface area contributed by atoms with Crippen molar-refractivity contribution in [3.8, 4) is 17.2 Å². The Morgan fingerprint density at radius 2 is 1.86 bits per heavy atom. The fourth-order valence-corrected chi connectivity index (χ4v) is 2.72. The lowest BCUT2D eigenvalue weighted by Gasteiger charge is -2.24. The van der Waals surface area contributed by atoms with E-state index in [4.69, 9.17) is 9.47 Å². The van der Waals surface area contributed by atoms with Gasteiger partial charge in [-0.3, -0.25) is 9.69 Å². The maximum atomic E-state index is 12.7. The molecule has 1 amide bonds. The molecule has 0 bridgehead atoms. The van der Waals surface area contributed by atoms with E-state index in [1.54, 1.807) is 38.2 Å². The first-order valence-electron chi connectivity index (χ1n) is 9.20. The summed E-state index contributed by atoms with van der Waals surface area (Å²) in [6.45, 7) is 1.63. The molecule has 0 saturated heterocycles. The minimum Gasteiger partial charge on any atom is -0.493 e. The monoisotopic (exact) mass is 408 g/mol. The Kier molecular flexibility index (Phi) is 8.21. The van der Waals surface area contributed by atoms with Crippen LogP contribution in [0.4, 0.5) is 14.5 Å². The van der Waals surface area contributed by atoms with Crippen molar-refractivity contribution in [1.82, 2.24) is 4.90 Å². The van der Waals surface area contributed by atoms with Crippen molar-refractivity contribution in [1.29, 1.82) is 0 Å². The molecule has 0 aromatic heterocycles. The Morgan fingerprint density at radius 3 is 2.52 bits per heavy atom. The Hall–Kier alpha value is -2.87. The highest BCUT2D eigenvalue weighted by molar-refractivity contribution is 5.95. The third-order valence-electron chi connectivity index (χ3n) is 4.36. The summed E-state index contributed by atoms with van der Waals surface area (Å²) in [5.41, 5.74) is 1.40. The van der Waals surface area contributed by atoms with Gasteiger partial charge in [0, 0.05) is 6.54 Å². The molecule has 29 heavy (non-hydrogen) atoms. The van der Waals surface area contributed by atoms with Crippen LogP contribution in [0.25, 0.3) is 0 Å². The molecule has 0 radical (unpaired) electrons. The number of amides is 1. The summed E-state index contributed by atoms with van der Waals surface area (Å²) in [5.74, 6) is 0.591. The Morgan fingerprint density at radius 1 is 1.14 bits per heavy atom. The lowest BCUT2D eigenvalue weighted by molar-refractivity contribution is -0.120. The summed E-state index contributed by atoms with van der Waals surface area (Å²) >= 11 is 0. The van der Waals surface area contributed by atoms with Crippen LogP contribution < -0.4 is 19.5 Å². The van der Waals surface area contributed by atoms with Gasteiger partial charge in [0.05, 0.1) is 25.4 Å². The molecule has 0 fully saturated rings. The number of nitrogens with one attached hydrogen (secondary N) is 1. The Balaban J connectivity index is 2.04. The average molecular weight is 408 g/mol. The van der Waals surface area contributed by atoms with Gasteiger partial charge < -0.3 is 19.5 Å². The first kappa shape index (κ1) is 22.4. The van der Waals surface area contributed by atoms with Crippen LogP contribution in [0.2, 0.25) is 0 Å². The van der Waals surface area contributed by atoms with E-state index in [0.717, 1.165) is 5.56 Å². The van der Waals surface area contributed by atoms with Crippen molar-refractivity contribution >= 4 is 11.6 Å². The van der Waals surface area contributed by atoms with Crippen LogP contribution in [-0.4, -0.2) is 44.2 Å². The Labute approximate surface area is 169 Å². The van der Waals surface area contributed by atoms with Crippen LogP contribution in [0.15, 0.2) is 42.5 Å². The molecule has 158 valence electrons. The number of rotatable bonds is 10. The third-order valence-corrected chi connectivity index (χ3v) is 4.36. The van der Waals surface area contributed by atoms with Gasteiger partial charge in [-0.05, 0) is 50.7 Å². The van der Waals surface area contributed by atoms with Crippen molar-refractivity contribution in [3.05, 3.63) is 48.0 Å². The van der Waals surface area contributed by atoms with Gasteiger partial charge >= 0.3 is 6.61 Å². The number of para-hydroxylation sites is 2. The van der Waals surface area contributed by atoms with Gasteiger partial charge in [0.1, 0.15) is 5.75 Å². The van der Waals surface area contributed by atoms with Crippen LogP contribution in [0.1, 0.15) is 19.4 Å².